The van der Waals surface area contributed by atoms with Crippen molar-refractivity contribution in [3.8, 4) is 0 Å². The number of hydrogen-bond acceptors (Lipinski definition) is 1. The third-order valence-corrected chi connectivity index (χ3v) is 3.37. The molecule has 1 amide bonds. The van der Waals surface area contributed by atoms with Crippen molar-refractivity contribution in [1.29, 1.82) is 0 Å². The van der Waals surface area contributed by atoms with Crippen molar-refractivity contribution in [1.82, 2.24) is 5.32 Å². The van der Waals surface area contributed by atoms with Crippen LogP contribution >= 0.6 is 11.6 Å². The summed E-state index contributed by atoms with van der Waals surface area (Å²) in [5.74, 6) is -1.73. The van der Waals surface area contributed by atoms with Crippen molar-refractivity contribution in [3.63, 3.8) is 0 Å². The number of alkyl halides is 1. The number of nitrogens with one attached hydrogen (secondary N) is 1. The molecule has 0 saturated carbocycles. The van der Waals surface area contributed by atoms with Gasteiger partial charge in [0.1, 0.15) is 11.6 Å². The van der Waals surface area contributed by atoms with Gasteiger partial charge in [0.25, 0.3) is 0 Å². The Morgan fingerprint density at radius 1 is 1.44 bits per heavy atom. The molecule has 0 saturated heterocycles. The number of carbonyl (C=O) groups excluding carboxylic acids is 1. The monoisotopic (exact) mass is 275 g/mol. The molecule has 1 N–H and O–H groups in total. The Kier molecular flexibility index (Phi) is 4.68. The molecule has 1 aromatic rings. The van der Waals surface area contributed by atoms with E-state index in [0.717, 1.165) is 12.1 Å². The molecule has 1 rings (SSSR count). The van der Waals surface area contributed by atoms with E-state index < -0.39 is 17.2 Å². The minimum absolute atomic E-state index is 0.140. The first-order chi connectivity index (χ1) is 8.22. The van der Waals surface area contributed by atoms with Gasteiger partial charge in [-0.15, -0.1) is 11.6 Å². The summed E-state index contributed by atoms with van der Waals surface area (Å²) in [6, 6.07) is 3.15. The highest BCUT2D eigenvalue weighted by atomic mass is 35.5. The lowest BCUT2D eigenvalue weighted by atomic mass is 10.0. The van der Waals surface area contributed by atoms with Gasteiger partial charge in [-0.25, -0.2) is 8.78 Å². The van der Waals surface area contributed by atoms with Gasteiger partial charge in [-0.3, -0.25) is 4.79 Å². The maximum atomic E-state index is 13.4. The number of amides is 1. The summed E-state index contributed by atoms with van der Waals surface area (Å²) in [4.78, 5) is 11.7. The van der Waals surface area contributed by atoms with E-state index in [1.807, 2.05) is 0 Å². The van der Waals surface area contributed by atoms with Crippen molar-refractivity contribution in [2.24, 2.45) is 0 Å². The maximum absolute atomic E-state index is 13.4. The predicted molar refractivity (Wildman–Crippen MR) is 67.6 cm³/mol. The lowest BCUT2D eigenvalue weighted by molar-refractivity contribution is -0.122. The maximum Gasteiger partial charge on any atom is 0.224 e. The Labute approximate surface area is 110 Å². The summed E-state index contributed by atoms with van der Waals surface area (Å²) in [5, 5.41) is 2.45. The van der Waals surface area contributed by atoms with Crippen LogP contribution in [0.15, 0.2) is 18.2 Å². The summed E-state index contributed by atoms with van der Waals surface area (Å²) in [7, 11) is 0. The highest BCUT2D eigenvalue weighted by Crippen LogP contribution is 2.16. The third-order valence-electron chi connectivity index (χ3n) is 2.82. The SMILES string of the molecule is CC(Cl)C(C)(C)NC(=O)Cc1ccc(F)cc1F. The van der Waals surface area contributed by atoms with E-state index in [1.54, 1.807) is 20.8 Å². The molecular formula is C13H16ClF2NO. The number of benzene rings is 1. The Bertz CT molecular complexity index is 447. The van der Waals surface area contributed by atoms with Crippen LogP contribution in [0.3, 0.4) is 0 Å². The first-order valence-corrected chi connectivity index (χ1v) is 6.05. The van der Waals surface area contributed by atoms with Crippen molar-refractivity contribution in [2.75, 3.05) is 0 Å². The molecule has 0 heterocycles. The second-order valence-electron chi connectivity index (χ2n) is 4.80. The topological polar surface area (TPSA) is 29.1 Å². The van der Waals surface area contributed by atoms with Gasteiger partial charge in [0.2, 0.25) is 5.91 Å². The third kappa shape index (κ3) is 3.95. The van der Waals surface area contributed by atoms with Crippen LogP contribution in [0, 0.1) is 11.6 Å². The van der Waals surface area contributed by atoms with E-state index in [9.17, 15) is 13.6 Å². The molecule has 1 atom stereocenters. The summed E-state index contributed by atoms with van der Waals surface area (Å²) >= 11 is 5.93. The number of carbonyl (C=O) groups is 1. The first-order valence-electron chi connectivity index (χ1n) is 5.61. The quantitative estimate of drug-likeness (QED) is 0.841. The van der Waals surface area contributed by atoms with Gasteiger partial charge in [-0.05, 0) is 32.4 Å². The fourth-order valence-corrected chi connectivity index (χ4v) is 1.40. The molecule has 2 nitrogen and oxygen atoms in total. The van der Waals surface area contributed by atoms with Crippen LogP contribution in [0.2, 0.25) is 0 Å². The zero-order valence-electron chi connectivity index (χ0n) is 10.6. The van der Waals surface area contributed by atoms with Crippen molar-refractivity contribution >= 4 is 17.5 Å². The van der Waals surface area contributed by atoms with Crippen molar-refractivity contribution in [2.45, 2.75) is 38.1 Å². The molecular weight excluding hydrogens is 260 g/mol. The molecule has 1 unspecified atom stereocenters. The van der Waals surface area contributed by atoms with E-state index in [2.05, 4.69) is 5.32 Å². The highest BCUT2D eigenvalue weighted by molar-refractivity contribution is 6.21. The predicted octanol–water partition coefficient (Wildman–Crippen LogP) is 3.03. The molecule has 0 bridgehead atoms. The Morgan fingerprint density at radius 2 is 2.06 bits per heavy atom. The lowest BCUT2D eigenvalue weighted by Gasteiger charge is -2.29. The molecule has 0 radical (unpaired) electrons. The Morgan fingerprint density at radius 3 is 2.56 bits per heavy atom. The molecule has 0 aromatic heterocycles. The second kappa shape index (κ2) is 5.65. The second-order valence-corrected chi connectivity index (χ2v) is 5.45. The van der Waals surface area contributed by atoms with Crippen LogP contribution in [0.4, 0.5) is 8.78 Å². The van der Waals surface area contributed by atoms with Gasteiger partial charge in [0.05, 0.1) is 17.3 Å². The van der Waals surface area contributed by atoms with E-state index in [4.69, 9.17) is 11.6 Å². The fraction of sp³-hybridized carbons (Fsp3) is 0.462. The lowest BCUT2D eigenvalue weighted by Crippen LogP contribution is -2.49. The molecule has 0 spiro atoms. The fourth-order valence-electron chi connectivity index (χ4n) is 1.34. The highest BCUT2D eigenvalue weighted by Gasteiger charge is 2.26. The summed E-state index contributed by atoms with van der Waals surface area (Å²) in [5.41, 5.74) is -0.429. The van der Waals surface area contributed by atoms with Crippen LogP contribution < -0.4 is 5.32 Å². The molecule has 0 aliphatic heterocycles. The molecule has 5 heteroatoms. The zero-order chi connectivity index (χ0) is 13.9. The van der Waals surface area contributed by atoms with Gasteiger partial charge in [-0.2, -0.15) is 0 Å². The van der Waals surface area contributed by atoms with Crippen LogP contribution in [-0.2, 0) is 11.2 Å². The molecule has 0 fully saturated rings. The van der Waals surface area contributed by atoms with E-state index >= 15 is 0 Å². The number of rotatable bonds is 4. The normalized spacial score (nSPS) is 13.2. The molecule has 100 valence electrons. The van der Waals surface area contributed by atoms with Crippen LogP contribution in [0.25, 0.3) is 0 Å². The largest absolute Gasteiger partial charge is 0.349 e. The van der Waals surface area contributed by atoms with Crippen molar-refractivity contribution in [3.05, 3.63) is 35.4 Å². The van der Waals surface area contributed by atoms with Crippen LogP contribution in [-0.4, -0.2) is 16.8 Å². The Balaban J connectivity index is 2.71. The van der Waals surface area contributed by atoms with E-state index in [1.165, 1.54) is 6.07 Å². The van der Waals surface area contributed by atoms with E-state index in [-0.39, 0.29) is 23.3 Å². The van der Waals surface area contributed by atoms with Gasteiger partial charge < -0.3 is 5.32 Å². The average molecular weight is 276 g/mol. The minimum atomic E-state index is -0.720. The van der Waals surface area contributed by atoms with Gasteiger partial charge in [0, 0.05) is 6.07 Å². The molecule has 0 aliphatic carbocycles. The van der Waals surface area contributed by atoms with Crippen LogP contribution in [0.5, 0.6) is 0 Å². The molecule has 18 heavy (non-hydrogen) atoms. The number of halogens is 3. The van der Waals surface area contributed by atoms with Crippen molar-refractivity contribution < 1.29 is 13.6 Å². The van der Waals surface area contributed by atoms with E-state index in [0.29, 0.717) is 0 Å². The average Bonchev–Trinajstić information content (AvgIpc) is 2.21. The zero-order valence-corrected chi connectivity index (χ0v) is 11.3. The minimum Gasteiger partial charge on any atom is -0.349 e. The standard InChI is InChI=1S/C13H16ClF2NO/c1-8(14)13(2,3)17-12(18)6-9-4-5-10(15)7-11(9)16/h4-5,7-8H,6H2,1-3H3,(H,17,18). The Hall–Kier alpha value is -1.16. The summed E-state index contributed by atoms with van der Waals surface area (Å²) < 4.78 is 26.1. The smallest absolute Gasteiger partial charge is 0.224 e. The molecule has 1 aromatic carbocycles. The van der Waals surface area contributed by atoms with Gasteiger partial charge in [0.15, 0.2) is 0 Å². The van der Waals surface area contributed by atoms with Gasteiger partial charge >= 0.3 is 0 Å². The van der Waals surface area contributed by atoms with Crippen LogP contribution in [0.1, 0.15) is 26.3 Å². The first kappa shape index (κ1) is 14.9. The number of hydrogen-bond donors (Lipinski definition) is 1. The van der Waals surface area contributed by atoms with Gasteiger partial charge in [-0.1, -0.05) is 6.07 Å². The summed E-state index contributed by atoms with van der Waals surface area (Å²) in [6.45, 7) is 5.33. The molecule has 0 aliphatic rings. The summed E-state index contributed by atoms with van der Waals surface area (Å²) in [6.07, 6.45) is -0.140.